The molecule has 0 unspecified atom stereocenters. The van der Waals surface area contributed by atoms with E-state index in [1.807, 2.05) is 12.2 Å². The first-order valence-electron chi connectivity index (χ1n) is 6.02. The van der Waals surface area contributed by atoms with Gasteiger partial charge in [-0.3, -0.25) is 0 Å². The molecule has 0 nitrogen and oxygen atoms in total. The summed E-state index contributed by atoms with van der Waals surface area (Å²) in [6.07, 6.45) is 14.9. The summed E-state index contributed by atoms with van der Waals surface area (Å²) in [6.45, 7) is 17.3. The third-order valence-corrected chi connectivity index (χ3v) is 11.0. The normalized spacial score (nSPS) is 12.0. The molecular formula is C15H28Br2P2. The maximum Gasteiger partial charge on any atom is 0.159 e. The fourth-order valence-electron chi connectivity index (χ4n) is 2.04. The average Bonchev–Trinajstić information content (AvgIpc) is 2.16. The lowest BCUT2D eigenvalue weighted by Gasteiger charge is -2.23. The topological polar surface area (TPSA) is 0 Å². The summed E-state index contributed by atoms with van der Waals surface area (Å²) in [4.78, 5) is 0. The Labute approximate surface area is 142 Å². The van der Waals surface area contributed by atoms with Crippen LogP contribution in [-0.4, -0.2) is 44.9 Å². The second-order valence-electron chi connectivity index (χ2n) is 5.71. The van der Waals surface area contributed by atoms with E-state index in [0.29, 0.717) is 0 Å². The van der Waals surface area contributed by atoms with Gasteiger partial charge in [0.15, 0.2) is 5.90 Å². The fourth-order valence-corrected chi connectivity index (χ4v) is 12.6. The summed E-state index contributed by atoms with van der Waals surface area (Å²) in [5, 5.41) is 0. The average molecular weight is 430 g/mol. The third-order valence-electron chi connectivity index (χ3n) is 2.51. The predicted octanol–water partition coefficient (Wildman–Crippen LogP) is -1.01. The van der Waals surface area contributed by atoms with Gasteiger partial charge >= 0.3 is 0 Å². The van der Waals surface area contributed by atoms with Gasteiger partial charge in [0.25, 0.3) is 0 Å². The van der Waals surface area contributed by atoms with Crippen LogP contribution in [0, 0.1) is 0 Å². The number of rotatable bonds is 8. The Balaban J connectivity index is -0.00000128. The molecule has 0 aliphatic carbocycles. The smallest absolute Gasteiger partial charge is 0.159 e. The van der Waals surface area contributed by atoms with Crippen LogP contribution in [0.1, 0.15) is 0 Å². The molecule has 0 rings (SSSR count). The highest BCUT2D eigenvalue weighted by atomic mass is 79.9. The molecular weight excluding hydrogens is 402 g/mol. The van der Waals surface area contributed by atoms with Crippen molar-refractivity contribution in [2.45, 2.75) is 0 Å². The van der Waals surface area contributed by atoms with Crippen LogP contribution in [0.2, 0.25) is 0 Å². The SMILES string of the molecule is C=C/C=C/C[P+](C)(C)C[P+](C)(C)C/C=C/C=C.[Br-].[Br-]. The number of allylic oxidation sites excluding steroid dienone is 6. The lowest BCUT2D eigenvalue weighted by molar-refractivity contribution is -0.001000. The summed E-state index contributed by atoms with van der Waals surface area (Å²) in [6, 6.07) is 0. The van der Waals surface area contributed by atoms with Gasteiger partial charge in [-0.05, 0) is 12.2 Å². The molecule has 0 saturated carbocycles. The molecule has 0 spiro atoms. The van der Waals surface area contributed by atoms with Crippen LogP contribution in [-0.2, 0) is 0 Å². The molecule has 4 heteroatoms. The van der Waals surface area contributed by atoms with Gasteiger partial charge in [0.1, 0.15) is 0 Å². The molecule has 19 heavy (non-hydrogen) atoms. The summed E-state index contributed by atoms with van der Waals surface area (Å²) < 4.78 is 0. The zero-order chi connectivity index (χ0) is 13.4. The van der Waals surface area contributed by atoms with Crippen LogP contribution in [0.3, 0.4) is 0 Å². The van der Waals surface area contributed by atoms with E-state index >= 15 is 0 Å². The number of halogens is 2. The maximum atomic E-state index is 3.72. The van der Waals surface area contributed by atoms with E-state index in [1.54, 1.807) is 0 Å². The molecule has 0 atom stereocenters. The Hall–Kier alpha value is 0.780. The molecule has 0 aromatic heterocycles. The van der Waals surface area contributed by atoms with Crippen molar-refractivity contribution in [3.63, 3.8) is 0 Å². The predicted molar refractivity (Wildman–Crippen MR) is 90.8 cm³/mol. The van der Waals surface area contributed by atoms with E-state index in [4.69, 9.17) is 0 Å². The van der Waals surface area contributed by atoms with Crippen LogP contribution in [0.5, 0.6) is 0 Å². The lowest BCUT2D eigenvalue weighted by Crippen LogP contribution is -3.00. The molecule has 0 heterocycles. The van der Waals surface area contributed by atoms with Crippen LogP contribution in [0.15, 0.2) is 49.6 Å². The van der Waals surface area contributed by atoms with Crippen molar-refractivity contribution in [1.29, 1.82) is 0 Å². The zero-order valence-corrected chi connectivity index (χ0v) is 17.6. The molecule has 0 aromatic rings. The van der Waals surface area contributed by atoms with Crippen molar-refractivity contribution in [3.05, 3.63) is 49.6 Å². The highest BCUT2D eigenvalue weighted by molar-refractivity contribution is 7.90. The van der Waals surface area contributed by atoms with E-state index in [-0.39, 0.29) is 34.0 Å². The number of hydrogen-bond donors (Lipinski definition) is 0. The molecule has 112 valence electrons. The van der Waals surface area contributed by atoms with Crippen LogP contribution < -0.4 is 34.0 Å². The zero-order valence-electron chi connectivity index (χ0n) is 12.6. The van der Waals surface area contributed by atoms with E-state index in [2.05, 4.69) is 64.1 Å². The Morgan fingerprint density at radius 2 is 1.05 bits per heavy atom. The largest absolute Gasteiger partial charge is 1.00 e. The van der Waals surface area contributed by atoms with E-state index < -0.39 is 14.5 Å². The highest BCUT2D eigenvalue weighted by Crippen LogP contribution is 2.67. The Morgan fingerprint density at radius 1 is 0.737 bits per heavy atom. The van der Waals surface area contributed by atoms with Crippen molar-refractivity contribution in [1.82, 2.24) is 0 Å². The summed E-state index contributed by atoms with van der Waals surface area (Å²) in [7, 11) is -1.57. The summed E-state index contributed by atoms with van der Waals surface area (Å²) in [5.74, 6) is 1.43. The van der Waals surface area contributed by atoms with Gasteiger partial charge in [-0.2, -0.15) is 0 Å². The first-order valence-corrected chi connectivity index (χ1v) is 12.1. The minimum Gasteiger partial charge on any atom is -1.00 e. The van der Waals surface area contributed by atoms with Gasteiger partial charge in [0, 0.05) is 14.5 Å². The second kappa shape index (κ2) is 12.5. The van der Waals surface area contributed by atoms with E-state index in [0.717, 1.165) is 0 Å². The lowest BCUT2D eigenvalue weighted by atomic mass is 10.5. The highest BCUT2D eigenvalue weighted by Gasteiger charge is 2.37. The van der Waals surface area contributed by atoms with Gasteiger partial charge in [0.05, 0.1) is 39.0 Å². The molecule has 0 aliphatic rings. The van der Waals surface area contributed by atoms with Gasteiger partial charge in [-0.15, -0.1) is 0 Å². The van der Waals surface area contributed by atoms with Gasteiger partial charge in [-0.25, -0.2) is 0 Å². The Morgan fingerprint density at radius 3 is 1.32 bits per heavy atom. The first-order chi connectivity index (χ1) is 7.83. The molecule has 0 fully saturated rings. The van der Waals surface area contributed by atoms with Gasteiger partial charge in [-0.1, -0.05) is 37.5 Å². The summed E-state index contributed by atoms with van der Waals surface area (Å²) in [5.41, 5.74) is 0. The molecule has 0 saturated heterocycles. The fraction of sp³-hybridized carbons (Fsp3) is 0.467. The Kier molecular flexibility index (Phi) is 16.3. The van der Waals surface area contributed by atoms with Gasteiger partial charge in [0.2, 0.25) is 0 Å². The monoisotopic (exact) mass is 428 g/mol. The van der Waals surface area contributed by atoms with Crippen molar-refractivity contribution < 1.29 is 34.0 Å². The first kappa shape index (κ1) is 24.8. The summed E-state index contributed by atoms with van der Waals surface area (Å²) >= 11 is 0. The molecule has 0 amide bonds. The van der Waals surface area contributed by atoms with E-state index in [9.17, 15) is 0 Å². The second-order valence-corrected chi connectivity index (χ2v) is 15.3. The molecule has 0 aromatic carbocycles. The molecule has 0 N–H and O–H groups in total. The standard InChI is InChI=1S/C15H28P2.2BrH/c1-7-9-11-13-16(3,4)15-17(5,6)14-12-10-8-2;;/h7-12H,1-2,13-15H2,3-6H3;2*1H/q+2;;/p-2/b11-9+,12-10+;;. The minimum absolute atomic E-state index is 0. The van der Waals surface area contributed by atoms with Crippen LogP contribution >= 0.6 is 14.5 Å². The number of hydrogen-bond acceptors (Lipinski definition) is 0. The van der Waals surface area contributed by atoms with Gasteiger partial charge < -0.3 is 34.0 Å². The van der Waals surface area contributed by atoms with Crippen molar-refractivity contribution >= 4 is 14.5 Å². The minimum atomic E-state index is -0.787. The maximum absolute atomic E-state index is 3.72. The molecule has 0 bridgehead atoms. The van der Waals surface area contributed by atoms with Crippen molar-refractivity contribution in [2.24, 2.45) is 0 Å². The molecule has 0 radical (unpaired) electrons. The molecule has 0 aliphatic heterocycles. The third kappa shape index (κ3) is 15.0. The van der Waals surface area contributed by atoms with Crippen LogP contribution in [0.4, 0.5) is 0 Å². The van der Waals surface area contributed by atoms with E-state index in [1.165, 1.54) is 18.2 Å². The van der Waals surface area contributed by atoms with Crippen molar-refractivity contribution in [3.8, 4) is 0 Å². The van der Waals surface area contributed by atoms with Crippen molar-refractivity contribution in [2.75, 3.05) is 44.9 Å². The van der Waals surface area contributed by atoms with Crippen LogP contribution in [0.25, 0.3) is 0 Å². The quantitative estimate of drug-likeness (QED) is 0.342. The Bertz CT molecular complexity index is 275.